The molecule has 0 aliphatic heterocycles. The maximum atomic E-state index is 12.9. The largest absolute Gasteiger partial charge is 0.352 e. The Morgan fingerprint density at radius 3 is 2.07 bits per heavy atom. The summed E-state index contributed by atoms with van der Waals surface area (Å²) in [6, 6.07) is 19.7. The molecule has 0 fully saturated rings. The standard InChI is InChI=1S/C23H30N2O2S/c1-18(2)24-23(27)19(3)25(15-14-20-10-6-4-7-11-20)22(26)17-28-16-21-12-8-5-9-13-21/h4-13,18-19H,14-17H2,1-3H3,(H,24,27). The van der Waals surface area contributed by atoms with Gasteiger partial charge in [-0.1, -0.05) is 60.7 Å². The highest BCUT2D eigenvalue weighted by molar-refractivity contribution is 7.99. The van der Waals surface area contributed by atoms with E-state index in [1.54, 1.807) is 16.7 Å². The van der Waals surface area contributed by atoms with E-state index in [1.165, 1.54) is 5.56 Å². The molecule has 150 valence electrons. The van der Waals surface area contributed by atoms with Crippen molar-refractivity contribution >= 4 is 23.6 Å². The molecule has 0 bridgehead atoms. The number of benzene rings is 2. The minimum Gasteiger partial charge on any atom is -0.352 e. The first-order chi connectivity index (χ1) is 13.5. The van der Waals surface area contributed by atoms with Crippen molar-refractivity contribution < 1.29 is 9.59 Å². The maximum Gasteiger partial charge on any atom is 0.242 e. The zero-order chi connectivity index (χ0) is 20.4. The molecule has 28 heavy (non-hydrogen) atoms. The fraction of sp³-hybridized carbons (Fsp3) is 0.391. The third-order valence-electron chi connectivity index (χ3n) is 4.42. The quantitative estimate of drug-likeness (QED) is 0.660. The van der Waals surface area contributed by atoms with Gasteiger partial charge in [0.15, 0.2) is 0 Å². The molecule has 0 aromatic heterocycles. The second-order valence-corrected chi connectivity index (χ2v) is 8.13. The van der Waals surface area contributed by atoms with E-state index in [0.717, 1.165) is 17.7 Å². The zero-order valence-corrected chi connectivity index (χ0v) is 17.7. The van der Waals surface area contributed by atoms with Crippen LogP contribution in [-0.4, -0.2) is 41.1 Å². The van der Waals surface area contributed by atoms with Crippen LogP contribution in [0.25, 0.3) is 0 Å². The Labute approximate surface area is 172 Å². The van der Waals surface area contributed by atoms with Crippen molar-refractivity contribution in [2.75, 3.05) is 12.3 Å². The average molecular weight is 399 g/mol. The monoisotopic (exact) mass is 398 g/mol. The zero-order valence-electron chi connectivity index (χ0n) is 16.9. The normalized spacial score (nSPS) is 11.9. The molecule has 2 amide bonds. The number of hydrogen-bond acceptors (Lipinski definition) is 3. The lowest BCUT2D eigenvalue weighted by atomic mass is 10.1. The van der Waals surface area contributed by atoms with E-state index >= 15 is 0 Å². The van der Waals surface area contributed by atoms with Crippen LogP contribution in [0.1, 0.15) is 31.9 Å². The van der Waals surface area contributed by atoms with Crippen LogP contribution in [0.5, 0.6) is 0 Å². The second kappa shape index (κ2) is 11.5. The number of carbonyl (C=O) groups excluding carboxylic acids is 2. The summed E-state index contributed by atoms with van der Waals surface area (Å²) in [5, 5.41) is 2.92. The second-order valence-electron chi connectivity index (χ2n) is 7.14. The Morgan fingerprint density at radius 1 is 0.929 bits per heavy atom. The van der Waals surface area contributed by atoms with Gasteiger partial charge in [-0.3, -0.25) is 9.59 Å². The van der Waals surface area contributed by atoms with Gasteiger partial charge >= 0.3 is 0 Å². The fourth-order valence-corrected chi connectivity index (χ4v) is 3.76. The van der Waals surface area contributed by atoms with E-state index in [1.807, 2.05) is 69.3 Å². The Kier molecular flexibility index (Phi) is 9.08. The highest BCUT2D eigenvalue weighted by atomic mass is 32.2. The predicted octanol–water partition coefficient (Wildman–Crippen LogP) is 3.90. The molecule has 0 heterocycles. The molecular weight excluding hydrogens is 368 g/mol. The first-order valence-electron chi connectivity index (χ1n) is 9.73. The molecule has 2 aromatic carbocycles. The van der Waals surface area contributed by atoms with Crippen molar-refractivity contribution in [3.05, 3.63) is 71.8 Å². The lowest BCUT2D eigenvalue weighted by Crippen LogP contribution is -2.50. The number of amides is 2. The lowest BCUT2D eigenvalue weighted by Gasteiger charge is -2.29. The van der Waals surface area contributed by atoms with Crippen molar-refractivity contribution in [1.82, 2.24) is 10.2 Å². The van der Waals surface area contributed by atoms with Crippen LogP contribution in [0.3, 0.4) is 0 Å². The fourth-order valence-electron chi connectivity index (χ4n) is 2.89. The summed E-state index contributed by atoms with van der Waals surface area (Å²) >= 11 is 1.58. The molecule has 2 aromatic rings. The summed E-state index contributed by atoms with van der Waals surface area (Å²) in [5.74, 6) is 1.04. The first kappa shape index (κ1) is 22.0. The van der Waals surface area contributed by atoms with Crippen LogP contribution in [0.15, 0.2) is 60.7 Å². The molecular formula is C23H30N2O2S. The van der Waals surface area contributed by atoms with Gasteiger partial charge in [0, 0.05) is 18.3 Å². The number of nitrogens with zero attached hydrogens (tertiary/aromatic N) is 1. The van der Waals surface area contributed by atoms with Crippen molar-refractivity contribution in [3.8, 4) is 0 Å². The molecule has 0 radical (unpaired) electrons. The Morgan fingerprint density at radius 2 is 1.50 bits per heavy atom. The van der Waals surface area contributed by atoms with E-state index in [9.17, 15) is 9.59 Å². The molecule has 1 atom stereocenters. The number of hydrogen-bond donors (Lipinski definition) is 1. The van der Waals surface area contributed by atoms with Crippen molar-refractivity contribution in [2.45, 2.75) is 45.0 Å². The smallest absolute Gasteiger partial charge is 0.242 e. The minimum absolute atomic E-state index is 0.00303. The average Bonchev–Trinajstić information content (AvgIpc) is 2.69. The minimum atomic E-state index is -0.490. The molecule has 2 rings (SSSR count). The van der Waals surface area contributed by atoms with Gasteiger partial charge in [0.05, 0.1) is 5.75 Å². The lowest BCUT2D eigenvalue weighted by molar-refractivity contribution is -0.138. The van der Waals surface area contributed by atoms with Gasteiger partial charge in [-0.05, 0) is 38.3 Å². The highest BCUT2D eigenvalue weighted by Crippen LogP contribution is 2.14. The Balaban J connectivity index is 1.98. The Bertz CT molecular complexity index is 735. The van der Waals surface area contributed by atoms with Crippen LogP contribution in [0.2, 0.25) is 0 Å². The topological polar surface area (TPSA) is 49.4 Å². The van der Waals surface area contributed by atoms with E-state index in [-0.39, 0.29) is 17.9 Å². The molecule has 0 spiro atoms. The van der Waals surface area contributed by atoms with Crippen molar-refractivity contribution in [2.24, 2.45) is 0 Å². The third kappa shape index (κ3) is 7.39. The molecule has 1 unspecified atom stereocenters. The molecule has 1 N–H and O–H groups in total. The SMILES string of the molecule is CC(C)NC(=O)C(C)N(CCc1ccccc1)C(=O)CSCc1ccccc1. The predicted molar refractivity (Wildman–Crippen MR) is 117 cm³/mol. The van der Waals surface area contributed by atoms with Gasteiger partial charge in [0.1, 0.15) is 6.04 Å². The van der Waals surface area contributed by atoms with Crippen LogP contribution >= 0.6 is 11.8 Å². The van der Waals surface area contributed by atoms with E-state index in [4.69, 9.17) is 0 Å². The van der Waals surface area contributed by atoms with E-state index < -0.39 is 6.04 Å². The van der Waals surface area contributed by atoms with Gasteiger partial charge in [-0.15, -0.1) is 11.8 Å². The molecule has 0 saturated carbocycles. The van der Waals surface area contributed by atoms with Crippen LogP contribution < -0.4 is 5.32 Å². The van der Waals surface area contributed by atoms with Gasteiger partial charge in [0.25, 0.3) is 0 Å². The van der Waals surface area contributed by atoms with Crippen LogP contribution in [0, 0.1) is 0 Å². The third-order valence-corrected chi connectivity index (χ3v) is 5.41. The van der Waals surface area contributed by atoms with Gasteiger partial charge in [-0.2, -0.15) is 0 Å². The number of nitrogens with one attached hydrogen (secondary N) is 1. The summed E-state index contributed by atoms with van der Waals surface area (Å²) in [6.45, 7) is 6.19. The molecule has 0 saturated heterocycles. The van der Waals surface area contributed by atoms with Crippen LogP contribution in [-0.2, 0) is 21.8 Å². The van der Waals surface area contributed by atoms with Crippen LogP contribution in [0.4, 0.5) is 0 Å². The molecule has 0 aliphatic rings. The van der Waals surface area contributed by atoms with Crippen molar-refractivity contribution in [1.29, 1.82) is 0 Å². The first-order valence-corrected chi connectivity index (χ1v) is 10.9. The van der Waals surface area contributed by atoms with E-state index in [0.29, 0.717) is 12.3 Å². The maximum absolute atomic E-state index is 12.9. The molecule has 0 aliphatic carbocycles. The highest BCUT2D eigenvalue weighted by Gasteiger charge is 2.25. The van der Waals surface area contributed by atoms with E-state index in [2.05, 4.69) is 17.4 Å². The summed E-state index contributed by atoms with van der Waals surface area (Å²) in [7, 11) is 0. The molecule has 5 heteroatoms. The number of thioether (sulfide) groups is 1. The summed E-state index contributed by atoms with van der Waals surface area (Å²) in [4.78, 5) is 27.1. The summed E-state index contributed by atoms with van der Waals surface area (Å²) < 4.78 is 0. The summed E-state index contributed by atoms with van der Waals surface area (Å²) in [6.07, 6.45) is 0.731. The summed E-state index contributed by atoms with van der Waals surface area (Å²) in [5.41, 5.74) is 2.36. The molecule has 4 nitrogen and oxygen atoms in total. The number of rotatable bonds is 10. The Hall–Kier alpha value is -2.27. The van der Waals surface area contributed by atoms with Crippen molar-refractivity contribution in [3.63, 3.8) is 0 Å². The van der Waals surface area contributed by atoms with Gasteiger partial charge in [0.2, 0.25) is 11.8 Å². The number of carbonyl (C=O) groups is 2. The van der Waals surface area contributed by atoms with Gasteiger partial charge < -0.3 is 10.2 Å². The van der Waals surface area contributed by atoms with Gasteiger partial charge in [-0.25, -0.2) is 0 Å².